The zero-order valence-electron chi connectivity index (χ0n) is 12.9. The Hall–Kier alpha value is -3.23. The Morgan fingerprint density at radius 1 is 1.15 bits per heavy atom. The summed E-state index contributed by atoms with van der Waals surface area (Å²) < 4.78 is 52.9. The summed E-state index contributed by atoms with van der Waals surface area (Å²) in [5.41, 5.74) is -3.08. The van der Waals surface area contributed by atoms with E-state index in [0.717, 1.165) is 6.07 Å². The number of fused-ring (bicyclic) bond motifs is 1. The summed E-state index contributed by atoms with van der Waals surface area (Å²) in [6.45, 7) is 0. The molecule has 0 aliphatic carbocycles. The number of carboxylic acids is 1. The molecule has 2 N–H and O–H groups in total. The van der Waals surface area contributed by atoms with Crippen molar-refractivity contribution in [1.29, 1.82) is 0 Å². The van der Waals surface area contributed by atoms with E-state index in [0.29, 0.717) is 11.5 Å². The van der Waals surface area contributed by atoms with E-state index in [-0.39, 0.29) is 23.1 Å². The molecule has 1 aromatic heterocycles. The Kier molecular flexibility index (Phi) is 4.23. The fourth-order valence-corrected chi connectivity index (χ4v) is 2.65. The standard InChI is InChI=1S/C17H10F4N2O3/c18-14-11(16(25)26)5-8(6-12(14)17(19,20)21)7-13-9-3-1-2-4-10(9)15(24)23-22-13/h1-6H,7H2,(H,23,24)(H,25,26). The molecule has 3 rings (SSSR count). The second kappa shape index (κ2) is 6.25. The van der Waals surface area contributed by atoms with Crippen molar-refractivity contribution in [3.05, 3.63) is 75.0 Å². The summed E-state index contributed by atoms with van der Waals surface area (Å²) in [5, 5.41) is 15.7. The van der Waals surface area contributed by atoms with Crippen molar-refractivity contribution in [1.82, 2.24) is 10.2 Å². The van der Waals surface area contributed by atoms with Crippen molar-refractivity contribution in [2.45, 2.75) is 12.6 Å². The number of nitrogens with one attached hydrogen (secondary N) is 1. The van der Waals surface area contributed by atoms with E-state index in [2.05, 4.69) is 10.2 Å². The number of carboxylic acid groups (broad SMARTS) is 1. The van der Waals surface area contributed by atoms with Gasteiger partial charge in [-0.1, -0.05) is 18.2 Å². The van der Waals surface area contributed by atoms with Crippen molar-refractivity contribution in [3.8, 4) is 0 Å². The Morgan fingerprint density at radius 3 is 2.42 bits per heavy atom. The van der Waals surface area contributed by atoms with Crippen LogP contribution >= 0.6 is 0 Å². The highest BCUT2D eigenvalue weighted by atomic mass is 19.4. The van der Waals surface area contributed by atoms with E-state index in [1.54, 1.807) is 18.2 Å². The van der Waals surface area contributed by atoms with Crippen LogP contribution in [0.2, 0.25) is 0 Å². The van der Waals surface area contributed by atoms with E-state index in [9.17, 15) is 27.2 Å². The van der Waals surface area contributed by atoms with Crippen molar-refractivity contribution < 1.29 is 27.5 Å². The van der Waals surface area contributed by atoms with Crippen molar-refractivity contribution in [2.75, 3.05) is 0 Å². The summed E-state index contributed by atoms with van der Waals surface area (Å²) in [5.74, 6) is -3.65. The zero-order chi connectivity index (χ0) is 19.1. The van der Waals surface area contributed by atoms with Gasteiger partial charge in [0.25, 0.3) is 5.56 Å². The van der Waals surface area contributed by atoms with Crippen LogP contribution in [-0.2, 0) is 12.6 Å². The molecule has 2 aromatic carbocycles. The molecule has 0 bridgehead atoms. The zero-order valence-corrected chi connectivity index (χ0v) is 12.9. The topological polar surface area (TPSA) is 83.0 Å². The van der Waals surface area contributed by atoms with Crippen molar-refractivity contribution in [3.63, 3.8) is 0 Å². The molecule has 0 atom stereocenters. The smallest absolute Gasteiger partial charge is 0.419 e. The number of aromatic amines is 1. The van der Waals surface area contributed by atoms with Crippen LogP contribution in [0.1, 0.15) is 27.2 Å². The number of halogens is 4. The molecule has 0 amide bonds. The SMILES string of the molecule is O=C(O)c1cc(Cc2n[nH]c(=O)c3ccccc23)cc(C(F)(F)F)c1F. The first kappa shape index (κ1) is 17.6. The number of H-pyrrole nitrogens is 1. The third-order valence-corrected chi connectivity index (χ3v) is 3.81. The predicted octanol–water partition coefficient (Wildman–Crippen LogP) is 3.37. The van der Waals surface area contributed by atoms with Crippen LogP contribution in [0.15, 0.2) is 41.2 Å². The molecular weight excluding hydrogens is 356 g/mol. The summed E-state index contributed by atoms with van der Waals surface area (Å²) in [7, 11) is 0. The molecule has 1 heterocycles. The summed E-state index contributed by atoms with van der Waals surface area (Å²) in [4.78, 5) is 22.9. The lowest BCUT2D eigenvalue weighted by Gasteiger charge is -2.13. The van der Waals surface area contributed by atoms with Crippen LogP contribution in [0.4, 0.5) is 17.6 Å². The maximum Gasteiger partial charge on any atom is 0.419 e. The molecule has 0 saturated carbocycles. The number of nitrogens with zero attached hydrogens (tertiary/aromatic N) is 1. The minimum Gasteiger partial charge on any atom is -0.478 e. The third kappa shape index (κ3) is 3.15. The number of aromatic carboxylic acids is 1. The molecule has 0 unspecified atom stereocenters. The van der Waals surface area contributed by atoms with Crippen LogP contribution in [0.3, 0.4) is 0 Å². The highest BCUT2D eigenvalue weighted by molar-refractivity contribution is 5.89. The van der Waals surface area contributed by atoms with E-state index >= 15 is 0 Å². The minimum absolute atomic E-state index is 0.0965. The highest BCUT2D eigenvalue weighted by Crippen LogP contribution is 2.34. The van der Waals surface area contributed by atoms with Gasteiger partial charge in [-0.2, -0.15) is 18.3 Å². The average Bonchev–Trinajstić information content (AvgIpc) is 2.57. The number of hydrogen-bond acceptors (Lipinski definition) is 3. The molecule has 0 saturated heterocycles. The van der Waals surface area contributed by atoms with Crippen LogP contribution in [0, 0.1) is 5.82 Å². The molecule has 5 nitrogen and oxygen atoms in total. The molecule has 134 valence electrons. The fourth-order valence-electron chi connectivity index (χ4n) is 2.65. The van der Waals surface area contributed by atoms with Crippen molar-refractivity contribution >= 4 is 16.7 Å². The third-order valence-electron chi connectivity index (χ3n) is 3.81. The van der Waals surface area contributed by atoms with Gasteiger partial charge in [0.05, 0.1) is 22.2 Å². The second-order valence-corrected chi connectivity index (χ2v) is 5.53. The Morgan fingerprint density at radius 2 is 1.81 bits per heavy atom. The first-order valence-corrected chi connectivity index (χ1v) is 7.27. The number of hydrogen-bond donors (Lipinski definition) is 2. The lowest BCUT2D eigenvalue weighted by Crippen LogP contribution is -2.15. The Balaban J connectivity index is 2.17. The molecule has 26 heavy (non-hydrogen) atoms. The number of rotatable bonds is 3. The summed E-state index contributed by atoms with van der Waals surface area (Å²) in [6.07, 6.45) is -5.27. The molecule has 0 aliphatic rings. The Bertz CT molecular complexity index is 1070. The number of benzene rings is 2. The predicted molar refractivity (Wildman–Crippen MR) is 83.5 cm³/mol. The van der Waals surface area contributed by atoms with Crippen LogP contribution in [0.25, 0.3) is 10.8 Å². The molecule has 0 fully saturated rings. The van der Waals surface area contributed by atoms with Gasteiger partial charge < -0.3 is 5.11 Å². The van der Waals surface area contributed by atoms with Gasteiger partial charge in [-0.15, -0.1) is 0 Å². The van der Waals surface area contributed by atoms with Gasteiger partial charge in [0, 0.05) is 11.8 Å². The van der Waals surface area contributed by atoms with Gasteiger partial charge in [-0.05, 0) is 23.8 Å². The maximum atomic E-state index is 13.9. The second-order valence-electron chi connectivity index (χ2n) is 5.53. The fraction of sp³-hybridized carbons (Fsp3) is 0.118. The molecule has 9 heteroatoms. The first-order valence-electron chi connectivity index (χ1n) is 7.27. The average molecular weight is 366 g/mol. The molecule has 0 radical (unpaired) electrons. The van der Waals surface area contributed by atoms with E-state index in [4.69, 9.17) is 5.11 Å². The summed E-state index contributed by atoms with van der Waals surface area (Å²) >= 11 is 0. The van der Waals surface area contributed by atoms with Gasteiger partial charge in [-0.3, -0.25) is 4.79 Å². The largest absolute Gasteiger partial charge is 0.478 e. The monoisotopic (exact) mass is 366 g/mol. The number of alkyl halides is 3. The Labute approximate surface area is 142 Å². The number of carbonyl (C=O) groups is 1. The molecule has 0 aliphatic heterocycles. The van der Waals surface area contributed by atoms with Gasteiger partial charge in [-0.25, -0.2) is 14.3 Å². The van der Waals surface area contributed by atoms with E-state index < -0.39 is 34.6 Å². The van der Waals surface area contributed by atoms with Crippen LogP contribution < -0.4 is 5.56 Å². The van der Waals surface area contributed by atoms with Gasteiger partial charge in [0.1, 0.15) is 5.82 Å². The molecule has 0 spiro atoms. The minimum atomic E-state index is -5.05. The van der Waals surface area contributed by atoms with E-state index in [1.807, 2.05) is 0 Å². The van der Waals surface area contributed by atoms with Crippen LogP contribution in [-0.4, -0.2) is 21.3 Å². The maximum absolute atomic E-state index is 13.9. The lowest BCUT2D eigenvalue weighted by atomic mass is 9.99. The van der Waals surface area contributed by atoms with Crippen LogP contribution in [0.5, 0.6) is 0 Å². The molecule has 3 aromatic rings. The summed E-state index contributed by atoms with van der Waals surface area (Å²) in [6, 6.07) is 7.70. The quantitative estimate of drug-likeness (QED) is 0.697. The first-order chi connectivity index (χ1) is 12.2. The normalized spacial score (nSPS) is 11.7. The highest BCUT2D eigenvalue weighted by Gasteiger charge is 2.36. The van der Waals surface area contributed by atoms with Gasteiger partial charge >= 0.3 is 12.1 Å². The van der Waals surface area contributed by atoms with E-state index in [1.165, 1.54) is 6.07 Å². The molecular formula is C17H10F4N2O3. The van der Waals surface area contributed by atoms with Crippen molar-refractivity contribution in [2.24, 2.45) is 0 Å². The lowest BCUT2D eigenvalue weighted by molar-refractivity contribution is -0.140. The van der Waals surface area contributed by atoms with Gasteiger partial charge in [0.15, 0.2) is 0 Å². The number of aromatic nitrogens is 2. The van der Waals surface area contributed by atoms with Gasteiger partial charge in [0.2, 0.25) is 0 Å².